The maximum Gasteiger partial charge on any atom is 0.271 e. The smallest absolute Gasteiger partial charge is 0.271 e. The Bertz CT molecular complexity index is 1270. The van der Waals surface area contributed by atoms with Gasteiger partial charge in [-0.15, -0.1) is 10.2 Å². The molecule has 9 heteroatoms. The molecule has 0 aliphatic heterocycles. The molecular weight excluding hydrogens is 400 g/mol. The van der Waals surface area contributed by atoms with E-state index in [1.807, 2.05) is 0 Å². The minimum atomic E-state index is -0.439. The maximum atomic E-state index is 12.2. The van der Waals surface area contributed by atoms with Crippen molar-refractivity contribution in [3.63, 3.8) is 0 Å². The first-order chi connectivity index (χ1) is 15.0. The zero-order chi connectivity index (χ0) is 21.8. The minimum absolute atomic E-state index is 0.0350. The monoisotopic (exact) mass is 416 g/mol. The summed E-state index contributed by atoms with van der Waals surface area (Å²) in [5.41, 5.74) is 4.27. The summed E-state index contributed by atoms with van der Waals surface area (Å²) in [5.74, 6) is -0.494. The minimum Gasteiger partial charge on any atom is -0.507 e. The number of carbonyl (C=O) groups excluding carboxylic acids is 1. The number of phenols is 3. The predicted molar refractivity (Wildman–Crippen MR) is 112 cm³/mol. The largest absolute Gasteiger partial charge is 0.507 e. The summed E-state index contributed by atoms with van der Waals surface area (Å²) in [6.45, 7) is 0. The molecule has 0 spiro atoms. The summed E-state index contributed by atoms with van der Waals surface area (Å²) in [5, 5.41) is 40.4. The molecule has 3 aromatic carbocycles. The van der Waals surface area contributed by atoms with Gasteiger partial charge in [-0.25, -0.2) is 5.43 Å². The van der Waals surface area contributed by atoms with Crippen molar-refractivity contribution in [2.45, 2.75) is 0 Å². The van der Waals surface area contributed by atoms with Crippen molar-refractivity contribution in [3.05, 3.63) is 77.9 Å². The van der Waals surface area contributed by atoms with Crippen LogP contribution in [0.4, 0.5) is 0 Å². The van der Waals surface area contributed by atoms with Gasteiger partial charge in [0.05, 0.1) is 11.8 Å². The van der Waals surface area contributed by atoms with E-state index >= 15 is 0 Å². The Morgan fingerprint density at radius 2 is 1.61 bits per heavy atom. The molecule has 1 aromatic heterocycles. The third-order valence-electron chi connectivity index (χ3n) is 4.33. The van der Waals surface area contributed by atoms with Crippen LogP contribution >= 0.6 is 0 Å². The molecule has 4 N–H and O–H groups in total. The molecule has 4 rings (SSSR count). The first-order valence-corrected chi connectivity index (χ1v) is 9.09. The molecule has 154 valence electrons. The molecule has 31 heavy (non-hydrogen) atoms. The topological polar surface area (TPSA) is 141 Å². The van der Waals surface area contributed by atoms with Crippen molar-refractivity contribution >= 4 is 12.1 Å². The van der Waals surface area contributed by atoms with E-state index in [0.29, 0.717) is 22.3 Å². The second-order valence-electron chi connectivity index (χ2n) is 6.45. The number of nitrogens with zero attached hydrogens (tertiary/aromatic N) is 3. The molecule has 9 nitrogen and oxygen atoms in total. The number of hydrogen-bond acceptors (Lipinski definition) is 8. The van der Waals surface area contributed by atoms with Crippen LogP contribution in [0.25, 0.3) is 22.9 Å². The zero-order valence-corrected chi connectivity index (χ0v) is 15.9. The fourth-order valence-corrected chi connectivity index (χ4v) is 2.72. The molecule has 1 heterocycles. The molecule has 0 unspecified atom stereocenters. The third kappa shape index (κ3) is 4.35. The number of aromatic nitrogens is 2. The molecule has 0 aliphatic rings. The van der Waals surface area contributed by atoms with Gasteiger partial charge in [-0.05, 0) is 60.2 Å². The SMILES string of the molecule is O=C(N/N=C/c1ccc(O)c(O)c1)c1ccc(-c2nnc(-c3ccccc3O)o2)cc1. The summed E-state index contributed by atoms with van der Waals surface area (Å²) >= 11 is 0. The van der Waals surface area contributed by atoms with E-state index in [2.05, 4.69) is 20.7 Å². The van der Waals surface area contributed by atoms with E-state index in [1.54, 1.807) is 42.5 Å². The Hall–Kier alpha value is -4.66. The van der Waals surface area contributed by atoms with Crippen molar-refractivity contribution in [2.24, 2.45) is 5.10 Å². The first kappa shape index (κ1) is 19.6. The summed E-state index contributed by atoms with van der Waals surface area (Å²) in [7, 11) is 0. The Kier molecular flexibility index (Phi) is 5.31. The number of para-hydroxylation sites is 1. The maximum absolute atomic E-state index is 12.2. The highest BCUT2D eigenvalue weighted by Gasteiger charge is 2.14. The van der Waals surface area contributed by atoms with Crippen LogP contribution in [0.5, 0.6) is 17.2 Å². The highest BCUT2D eigenvalue weighted by molar-refractivity contribution is 5.95. The number of hydrogen-bond donors (Lipinski definition) is 4. The lowest BCUT2D eigenvalue weighted by atomic mass is 10.1. The van der Waals surface area contributed by atoms with Crippen molar-refractivity contribution < 1.29 is 24.5 Å². The molecule has 0 bridgehead atoms. The summed E-state index contributed by atoms with van der Waals surface area (Å²) < 4.78 is 5.62. The lowest BCUT2D eigenvalue weighted by Crippen LogP contribution is -2.17. The van der Waals surface area contributed by atoms with Gasteiger partial charge in [-0.1, -0.05) is 12.1 Å². The van der Waals surface area contributed by atoms with Gasteiger partial charge in [0.1, 0.15) is 5.75 Å². The third-order valence-corrected chi connectivity index (χ3v) is 4.33. The van der Waals surface area contributed by atoms with Crippen LogP contribution in [0.1, 0.15) is 15.9 Å². The van der Waals surface area contributed by atoms with E-state index in [-0.39, 0.29) is 29.0 Å². The van der Waals surface area contributed by atoms with Gasteiger partial charge in [0, 0.05) is 11.1 Å². The summed E-state index contributed by atoms with van der Waals surface area (Å²) in [6.07, 6.45) is 1.34. The molecule has 0 saturated carbocycles. The van der Waals surface area contributed by atoms with Gasteiger partial charge < -0.3 is 19.7 Å². The number of aromatic hydroxyl groups is 3. The van der Waals surface area contributed by atoms with Gasteiger partial charge >= 0.3 is 0 Å². The molecule has 4 aromatic rings. The lowest BCUT2D eigenvalue weighted by molar-refractivity contribution is 0.0955. The Labute approximate surface area is 175 Å². The van der Waals surface area contributed by atoms with Crippen LogP contribution in [0.3, 0.4) is 0 Å². The van der Waals surface area contributed by atoms with Crippen LogP contribution < -0.4 is 5.43 Å². The van der Waals surface area contributed by atoms with Gasteiger partial charge in [-0.2, -0.15) is 5.10 Å². The number of nitrogens with one attached hydrogen (secondary N) is 1. The zero-order valence-electron chi connectivity index (χ0n) is 15.9. The summed E-state index contributed by atoms with van der Waals surface area (Å²) in [4.78, 5) is 12.2. The van der Waals surface area contributed by atoms with E-state index in [1.165, 1.54) is 30.5 Å². The first-order valence-electron chi connectivity index (χ1n) is 9.09. The normalized spacial score (nSPS) is 11.0. The second-order valence-corrected chi connectivity index (χ2v) is 6.45. The molecule has 0 radical (unpaired) electrons. The van der Waals surface area contributed by atoms with Crippen molar-refractivity contribution in [3.8, 4) is 40.2 Å². The average Bonchev–Trinajstić information content (AvgIpc) is 3.26. The number of hydrazone groups is 1. The molecule has 0 atom stereocenters. The highest BCUT2D eigenvalue weighted by atomic mass is 16.4. The van der Waals surface area contributed by atoms with Gasteiger partial charge in [0.25, 0.3) is 11.8 Å². The number of rotatable bonds is 5. The molecule has 0 saturated heterocycles. The molecule has 0 aliphatic carbocycles. The van der Waals surface area contributed by atoms with Crippen molar-refractivity contribution in [1.82, 2.24) is 15.6 Å². The molecular formula is C22H16N4O5. The fraction of sp³-hybridized carbons (Fsp3) is 0. The van der Waals surface area contributed by atoms with Crippen molar-refractivity contribution in [1.29, 1.82) is 0 Å². The molecule has 0 fully saturated rings. The van der Waals surface area contributed by atoms with E-state index in [4.69, 9.17) is 4.42 Å². The van der Waals surface area contributed by atoms with Crippen LogP contribution in [0.2, 0.25) is 0 Å². The number of benzene rings is 3. The van der Waals surface area contributed by atoms with Gasteiger partial charge in [0.15, 0.2) is 11.5 Å². The standard InChI is InChI=1S/C22H16N4O5/c27-17-4-2-1-3-16(17)22-26-25-21(31-22)15-8-6-14(7-9-15)20(30)24-23-12-13-5-10-18(28)19(29)11-13/h1-12,27-29H,(H,24,30)/b23-12+. The number of carbonyl (C=O) groups is 1. The van der Waals surface area contributed by atoms with E-state index < -0.39 is 5.91 Å². The number of amides is 1. The second kappa shape index (κ2) is 8.37. The van der Waals surface area contributed by atoms with Crippen molar-refractivity contribution in [2.75, 3.05) is 0 Å². The Balaban J connectivity index is 1.43. The van der Waals surface area contributed by atoms with Gasteiger partial charge in [0.2, 0.25) is 5.89 Å². The van der Waals surface area contributed by atoms with Gasteiger partial charge in [-0.3, -0.25) is 4.79 Å². The Morgan fingerprint density at radius 3 is 2.35 bits per heavy atom. The van der Waals surface area contributed by atoms with Crippen LogP contribution in [-0.2, 0) is 0 Å². The highest BCUT2D eigenvalue weighted by Crippen LogP contribution is 2.30. The Morgan fingerprint density at radius 1 is 0.871 bits per heavy atom. The quantitative estimate of drug-likeness (QED) is 0.222. The van der Waals surface area contributed by atoms with E-state index in [9.17, 15) is 20.1 Å². The van der Waals surface area contributed by atoms with Crippen LogP contribution in [0.15, 0.2) is 76.2 Å². The van der Waals surface area contributed by atoms with Crippen LogP contribution in [0, 0.1) is 0 Å². The fourth-order valence-electron chi connectivity index (χ4n) is 2.72. The molecule has 1 amide bonds. The van der Waals surface area contributed by atoms with Crippen LogP contribution in [-0.4, -0.2) is 37.6 Å². The predicted octanol–water partition coefficient (Wildman–Crippen LogP) is 3.28. The number of phenolic OH excluding ortho intramolecular Hbond substituents is 3. The van der Waals surface area contributed by atoms with E-state index in [0.717, 1.165) is 0 Å². The summed E-state index contributed by atoms with van der Waals surface area (Å²) in [6, 6.07) is 17.3. The average molecular weight is 416 g/mol. The lowest BCUT2D eigenvalue weighted by Gasteiger charge is -2.02.